The summed E-state index contributed by atoms with van der Waals surface area (Å²) < 4.78 is 30.0. The molecule has 0 aromatic heterocycles. The second kappa shape index (κ2) is 10.1. The first-order valence-electron chi connectivity index (χ1n) is 3.27. The van der Waals surface area contributed by atoms with Gasteiger partial charge in [0.2, 0.25) is 0 Å². The van der Waals surface area contributed by atoms with Gasteiger partial charge in [0.15, 0.2) is 6.29 Å². The summed E-state index contributed by atoms with van der Waals surface area (Å²) in [6.07, 6.45) is -1.94. The van der Waals surface area contributed by atoms with E-state index in [1.807, 2.05) is 0 Å². The van der Waals surface area contributed by atoms with E-state index in [4.69, 9.17) is 20.3 Å². The Hall–Kier alpha value is -1.03. The summed E-state index contributed by atoms with van der Waals surface area (Å²) in [5.74, 6) is 0. The molecule has 0 rings (SSSR count). The Kier molecular flexibility index (Phi) is 11.1. The van der Waals surface area contributed by atoms with E-state index in [2.05, 4.69) is 4.36 Å². The molecule has 0 spiro atoms. The van der Waals surface area contributed by atoms with Crippen LogP contribution in [0.4, 0.5) is 4.79 Å². The highest BCUT2D eigenvalue weighted by Crippen LogP contribution is 1.83. The number of nitrogens with two attached hydrogens (primary N) is 1. The Bertz CT molecular complexity index is 256. The number of ether oxygens (including phenoxy) is 2. The van der Waals surface area contributed by atoms with E-state index in [0.29, 0.717) is 6.54 Å². The Morgan fingerprint density at radius 1 is 1.50 bits per heavy atom. The van der Waals surface area contributed by atoms with Gasteiger partial charge in [0.05, 0.1) is 0 Å². The van der Waals surface area contributed by atoms with Crippen molar-refractivity contribution in [1.29, 1.82) is 0 Å². The maximum absolute atomic E-state index is 9.26. The molecule has 0 heterocycles. The number of rotatable bonds is 3. The summed E-state index contributed by atoms with van der Waals surface area (Å²) >= 11 is 0. The quantitative estimate of drug-likeness (QED) is 0.610. The summed E-state index contributed by atoms with van der Waals surface area (Å²) in [5, 5.41) is 7.52. The van der Waals surface area contributed by atoms with Gasteiger partial charge in [-0.2, -0.15) is 8.42 Å². The molecule has 0 fully saturated rings. The van der Waals surface area contributed by atoms with E-state index in [1.54, 1.807) is 14.2 Å². The summed E-state index contributed by atoms with van der Waals surface area (Å²) in [4.78, 5) is 9.25. The molecule has 8 nitrogen and oxygen atoms in total. The Balaban J connectivity index is 0. The third kappa shape index (κ3) is 13.6. The van der Waals surface area contributed by atoms with Crippen molar-refractivity contribution in [3.8, 4) is 0 Å². The van der Waals surface area contributed by atoms with Crippen molar-refractivity contribution < 1.29 is 27.8 Å². The molecule has 0 saturated carbocycles. The number of hydrogen-bond donors (Lipinski definition) is 2. The number of carboxylic acid groups (broad SMARTS) is 1. The zero-order chi connectivity index (χ0) is 11.6. The predicted octanol–water partition coefficient (Wildman–Crippen LogP) is -0.709. The molecule has 14 heavy (non-hydrogen) atoms. The smallest absolute Gasteiger partial charge is 0.446 e. The minimum Gasteiger partial charge on any atom is -0.463 e. The third-order valence-corrected chi connectivity index (χ3v) is 1.18. The average Bonchev–Trinajstić information content (AvgIpc) is 2.06. The van der Waals surface area contributed by atoms with Crippen LogP contribution in [0.2, 0.25) is 0 Å². The molecule has 1 amide bonds. The minimum atomic E-state index is -2.82. The SMILES string of the molecule is COC(CN)OC.O=C(O)N=S(=O)=O. The molecule has 0 radical (unpaired) electrons. The average molecular weight is 228 g/mol. The van der Waals surface area contributed by atoms with Crippen LogP contribution < -0.4 is 5.73 Å². The predicted molar refractivity (Wildman–Crippen MR) is 46.2 cm³/mol. The van der Waals surface area contributed by atoms with E-state index in [9.17, 15) is 13.2 Å². The topological polar surface area (TPSA) is 128 Å². The molecule has 0 unspecified atom stereocenters. The molecular weight excluding hydrogens is 216 g/mol. The molecule has 84 valence electrons. The van der Waals surface area contributed by atoms with Crippen molar-refractivity contribution in [1.82, 2.24) is 0 Å². The minimum absolute atomic E-state index is 0.236. The molecule has 0 aromatic carbocycles. The lowest BCUT2D eigenvalue weighted by molar-refractivity contribution is -0.0940. The normalized spacial score (nSPS) is 8.86. The maximum Gasteiger partial charge on any atom is 0.446 e. The Labute approximate surface area is 82.3 Å². The number of hydrogen-bond acceptors (Lipinski definition) is 6. The number of nitrogens with zero attached hydrogens (tertiary/aromatic N) is 1. The summed E-state index contributed by atoms with van der Waals surface area (Å²) in [6, 6.07) is 0. The molecule has 0 aliphatic carbocycles. The van der Waals surface area contributed by atoms with Gasteiger partial charge < -0.3 is 20.3 Å². The first-order valence-corrected chi connectivity index (χ1v) is 4.30. The van der Waals surface area contributed by atoms with Crippen LogP contribution in [0.5, 0.6) is 0 Å². The van der Waals surface area contributed by atoms with E-state index in [1.165, 1.54) is 0 Å². The lowest BCUT2D eigenvalue weighted by atomic mass is 10.6. The van der Waals surface area contributed by atoms with Crippen LogP contribution in [0.1, 0.15) is 0 Å². The number of carbonyl (C=O) groups is 1. The van der Waals surface area contributed by atoms with Crippen LogP contribution in [-0.2, 0) is 20.0 Å². The summed E-state index contributed by atoms with van der Waals surface area (Å²) in [7, 11) is 0.293. The molecule has 0 bridgehead atoms. The molecule has 0 aliphatic rings. The first-order chi connectivity index (χ1) is 6.47. The molecule has 0 atom stereocenters. The molecule has 0 saturated heterocycles. The monoisotopic (exact) mass is 228 g/mol. The van der Waals surface area contributed by atoms with Gasteiger partial charge in [0.25, 0.3) is 0 Å². The van der Waals surface area contributed by atoms with Gasteiger partial charge in [0, 0.05) is 20.8 Å². The lowest BCUT2D eigenvalue weighted by Crippen LogP contribution is -2.23. The van der Waals surface area contributed by atoms with Gasteiger partial charge in [-0.1, -0.05) is 4.36 Å². The van der Waals surface area contributed by atoms with Gasteiger partial charge in [-0.3, -0.25) is 0 Å². The van der Waals surface area contributed by atoms with Gasteiger partial charge >= 0.3 is 16.6 Å². The fourth-order valence-corrected chi connectivity index (χ4v) is 0.480. The van der Waals surface area contributed by atoms with Crippen molar-refractivity contribution in [3.63, 3.8) is 0 Å². The largest absolute Gasteiger partial charge is 0.463 e. The molecule has 9 heteroatoms. The fraction of sp³-hybridized carbons (Fsp3) is 0.800. The van der Waals surface area contributed by atoms with Crippen molar-refractivity contribution in [2.45, 2.75) is 6.29 Å². The van der Waals surface area contributed by atoms with Gasteiger partial charge in [-0.25, -0.2) is 4.79 Å². The van der Waals surface area contributed by atoms with Crippen molar-refractivity contribution in [2.24, 2.45) is 10.1 Å². The lowest BCUT2D eigenvalue weighted by Gasteiger charge is -2.08. The molecule has 3 N–H and O–H groups in total. The van der Waals surface area contributed by atoms with Crippen LogP contribution in [-0.4, -0.2) is 46.7 Å². The van der Waals surface area contributed by atoms with E-state index in [-0.39, 0.29) is 6.29 Å². The van der Waals surface area contributed by atoms with E-state index in [0.717, 1.165) is 0 Å². The van der Waals surface area contributed by atoms with Crippen molar-refractivity contribution >= 4 is 16.6 Å². The summed E-state index contributed by atoms with van der Waals surface area (Å²) in [6.45, 7) is 0.410. The fourth-order valence-electron chi connectivity index (χ4n) is 0.352. The molecule has 0 aromatic rings. The number of amides is 1. The zero-order valence-corrected chi connectivity index (χ0v) is 8.52. The highest BCUT2D eigenvalue weighted by Gasteiger charge is 1.96. The van der Waals surface area contributed by atoms with Crippen molar-refractivity contribution in [2.75, 3.05) is 20.8 Å². The van der Waals surface area contributed by atoms with E-state index >= 15 is 0 Å². The second-order valence-electron chi connectivity index (χ2n) is 1.73. The van der Waals surface area contributed by atoms with Gasteiger partial charge in [0.1, 0.15) is 0 Å². The van der Waals surface area contributed by atoms with Crippen molar-refractivity contribution in [3.05, 3.63) is 0 Å². The standard InChI is InChI=1S/C4H11NO2.CHNO4S/c1-6-4(3-5)7-2;3-1(4)2-7(5)6/h4H,3,5H2,1-2H3;(H,3,4). The van der Waals surface area contributed by atoms with E-state index < -0.39 is 16.6 Å². The van der Waals surface area contributed by atoms with Gasteiger partial charge in [-0.05, 0) is 0 Å². The molecule has 0 aliphatic heterocycles. The van der Waals surface area contributed by atoms with Crippen LogP contribution in [0, 0.1) is 0 Å². The van der Waals surface area contributed by atoms with Gasteiger partial charge in [-0.15, -0.1) is 0 Å². The highest BCUT2D eigenvalue weighted by molar-refractivity contribution is 7.62. The van der Waals surface area contributed by atoms with Crippen LogP contribution >= 0.6 is 0 Å². The zero-order valence-electron chi connectivity index (χ0n) is 7.71. The van der Waals surface area contributed by atoms with Crippen LogP contribution in [0.15, 0.2) is 4.36 Å². The molecular formula is C5H12N2O6S. The van der Waals surface area contributed by atoms with Crippen LogP contribution in [0.25, 0.3) is 0 Å². The number of methoxy groups -OCH3 is 2. The summed E-state index contributed by atoms with van der Waals surface area (Å²) in [5.41, 5.74) is 5.14. The Morgan fingerprint density at radius 2 is 1.93 bits per heavy atom. The Morgan fingerprint density at radius 3 is 1.93 bits per heavy atom. The second-order valence-corrected chi connectivity index (χ2v) is 2.34. The van der Waals surface area contributed by atoms with Crippen LogP contribution in [0.3, 0.4) is 0 Å². The maximum atomic E-state index is 9.26. The third-order valence-electron chi connectivity index (χ3n) is 0.871. The first kappa shape index (κ1) is 15.4. The highest BCUT2D eigenvalue weighted by atomic mass is 32.2.